The van der Waals surface area contributed by atoms with Crippen molar-refractivity contribution in [3.63, 3.8) is 0 Å². The van der Waals surface area contributed by atoms with Crippen LogP contribution in [-0.4, -0.2) is 22.8 Å². The summed E-state index contributed by atoms with van der Waals surface area (Å²) in [5.74, 6) is -0.123. The summed E-state index contributed by atoms with van der Waals surface area (Å²) in [7, 11) is 1.63. The van der Waals surface area contributed by atoms with E-state index in [9.17, 15) is 9.90 Å². The average molecular weight is 295 g/mol. The van der Waals surface area contributed by atoms with Gasteiger partial charge in [-0.25, -0.2) is 4.79 Å². The van der Waals surface area contributed by atoms with E-state index < -0.39 is 5.97 Å². The van der Waals surface area contributed by atoms with Crippen molar-refractivity contribution in [2.24, 2.45) is 0 Å². The Morgan fingerprint density at radius 1 is 1.18 bits per heavy atom. The summed E-state index contributed by atoms with van der Waals surface area (Å²) in [5, 5.41) is 10.2. The van der Waals surface area contributed by atoms with Gasteiger partial charge >= 0.3 is 5.97 Å². The van der Waals surface area contributed by atoms with E-state index in [1.165, 1.54) is 0 Å². The second-order valence-corrected chi connectivity index (χ2v) is 5.10. The fraction of sp³-hybridized carbons (Fsp3) is 0.167. The Bertz CT molecular complexity index is 849. The number of rotatable bonds is 4. The molecule has 0 aliphatic carbocycles. The molecule has 0 fully saturated rings. The van der Waals surface area contributed by atoms with Crippen LogP contribution in [0.1, 0.15) is 17.3 Å². The quantitative estimate of drug-likeness (QED) is 0.790. The first-order valence-electron chi connectivity index (χ1n) is 7.14. The number of nitrogens with zero attached hydrogens (tertiary/aromatic N) is 1. The largest absolute Gasteiger partial charge is 0.497 e. The molecule has 0 bridgehead atoms. The van der Waals surface area contributed by atoms with Gasteiger partial charge in [0, 0.05) is 23.6 Å². The van der Waals surface area contributed by atoms with Gasteiger partial charge in [-0.1, -0.05) is 18.2 Å². The zero-order valence-electron chi connectivity index (χ0n) is 12.5. The molecule has 0 aliphatic heterocycles. The van der Waals surface area contributed by atoms with Crippen molar-refractivity contribution in [2.75, 3.05) is 7.11 Å². The summed E-state index contributed by atoms with van der Waals surface area (Å²) in [6.45, 7) is 2.74. The molecule has 2 aromatic carbocycles. The van der Waals surface area contributed by atoms with Crippen molar-refractivity contribution in [3.8, 4) is 16.9 Å². The minimum atomic E-state index is -0.903. The van der Waals surface area contributed by atoms with Crippen LogP contribution < -0.4 is 4.74 Å². The summed E-state index contributed by atoms with van der Waals surface area (Å²) in [6.07, 6.45) is 1.70. The number of hydrogen-bond donors (Lipinski definition) is 1. The van der Waals surface area contributed by atoms with E-state index in [1.807, 2.05) is 54.0 Å². The number of benzene rings is 2. The molecule has 1 aromatic heterocycles. The van der Waals surface area contributed by atoms with Crippen LogP contribution in [0.25, 0.3) is 22.0 Å². The number of fused-ring (bicyclic) bond motifs is 1. The van der Waals surface area contributed by atoms with E-state index in [-0.39, 0.29) is 0 Å². The van der Waals surface area contributed by atoms with E-state index in [2.05, 4.69) is 0 Å². The smallest absolute Gasteiger partial charge is 0.337 e. The van der Waals surface area contributed by atoms with Crippen LogP contribution in [0, 0.1) is 0 Å². The first-order valence-corrected chi connectivity index (χ1v) is 7.14. The van der Waals surface area contributed by atoms with Gasteiger partial charge in [0.05, 0.1) is 12.7 Å². The lowest BCUT2D eigenvalue weighted by atomic mass is 10.0. The molecule has 4 heteroatoms. The van der Waals surface area contributed by atoms with E-state index in [0.717, 1.165) is 34.3 Å². The first-order chi connectivity index (χ1) is 10.6. The van der Waals surface area contributed by atoms with Crippen molar-refractivity contribution in [1.29, 1.82) is 0 Å². The topological polar surface area (TPSA) is 51.5 Å². The number of aromatic carboxylic acids is 1. The Balaban J connectivity index is 2.20. The lowest BCUT2D eigenvalue weighted by Crippen LogP contribution is -1.94. The van der Waals surface area contributed by atoms with Gasteiger partial charge in [-0.2, -0.15) is 0 Å². The molecular weight excluding hydrogens is 278 g/mol. The average Bonchev–Trinajstić information content (AvgIpc) is 2.93. The lowest BCUT2D eigenvalue weighted by Gasteiger charge is -2.06. The van der Waals surface area contributed by atoms with Crippen LogP contribution in [0.5, 0.6) is 5.75 Å². The van der Waals surface area contributed by atoms with Crippen molar-refractivity contribution in [3.05, 3.63) is 54.2 Å². The molecule has 0 radical (unpaired) electrons. The molecule has 22 heavy (non-hydrogen) atoms. The second-order valence-electron chi connectivity index (χ2n) is 5.10. The normalized spacial score (nSPS) is 10.8. The molecule has 1 N–H and O–H groups in total. The van der Waals surface area contributed by atoms with Gasteiger partial charge in [0.1, 0.15) is 5.75 Å². The van der Waals surface area contributed by atoms with Gasteiger partial charge in [-0.15, -0.1) is 0 Å². The Labute approximate surface area is 128 Å². The van der Waals surface area contributed by atoms with E-state index in [1.54, 1.807) is 13.3 Å². The molecular formula is C18H17NO3. The Hall–Kier alpha value is -2.75. The third-order valence-corrected chi connectivity index (χ3v) is 3.86. The summed E-state index contributed by atoms with van der Waals surface area (Å²) in [6, 6.07) is 13.7. The van der Waals surface area contributed by atoms with Crippen molar-refractivity contribution in [2.45, 2.75) is 13.5 Å². The summed E-state index contributed by atoms with van der Waals surface area (Å²) in [5.41, 5.74) is 3.25. The number of carboxylic acid groups (broad SMARTS) is 1. The first kappa shape index (κ1) is 14.2. The second kappa shape index (κ2) is 5.56. The minimum absolute atomic E-state index is 0.335. The number of aryl methyl sites for hydroxylation is 1. The number of hydrogen-bond acceptors (Lipinski definition) is 2. The van der Waals surface area contributed by atoms with Crippen molar-refractivity contribution in [1.82, 2.24) is 4.57 Å². The molecule has 0 spiro atoms. The fourth-order valence-electron chi connectivity index (χ4n) is 2.71. The number of carbonyl (C=O) groups is 1. The van der Waals surface area contributed by atoms with Gasteiger partial charge in [0.25, 0.3) is 0 Å². The highest BCUT2D eigenvalue weighted by atomic mass is 16.5. The number of methoxy groups -OCH3 is 1. The predicted octanol–water partition coefficient (Wildman–Crippen LogP) is 4.04. The lowest BCUT2D eigenvalue weighted by molar-refractivity contribution is 0.0699. The van der Waals surface area contributed by atoms with Crippen LogP contribution in [0.2, 0.25) is 0 Å². The van der Waals surface area contributed by atoms with Gasteiger partial charge in [-0.05, 0) is 42.3 Å². The molecule has 112 valence electrons. The molecule has 0 atom stereocenters. The maximum atomic E-state index is 11.5. The van der Waals surface area contributed by atoms with Crippen LogP contribution in [0.3, 0.4) is 0 Å². The number of aromatic nitrogens is 1. The third-order valence-electron chi connectivity index (χ3n) is 3.86. The van der Waals surface area contributed by atoms with Crippen LogP contribution >= 0.6 is 0 Å². The summed E-state index contributed by atoms with van der Waals surface area (Å²) >= 11 is 0. The van der Waals surface area contributed by atoms with Crippen molar-refractivity contribution < 1.29 is 14.6 Å². The van der Waals surface area contributed by atoms with E-state index in [0.29, 0.717) is 5.56 Å². The van der Waals surface area contributed by atoms with Gasteiger partial charge in [0.15, 0.2) is 0 Å². The standard InChI is InChI=1S/C18H17NO3/c1-3-19-11-16(18(20)21)15-10-13(7-8-17(15)19)12-5-4-6-14(9-12)22-2/h4-11H,3H2,1-2H3,(H,20,21). The number of ether oxygens (including phenoxy) is 1. The molecule has 3 aromatic rings. The molecule has 1 heterocycles. The van der Waals surface area contributed by atoms with E-state index in [4.69, 9.17) is 4.74 Å². The highest BCUT2D eigenvalue weighted by Crippen LogP contribution is 2.29. The molecule has 4 nitrogen and oxygen atoms in total. The maximum absolute atomic E-state index is 11.5. The Morgan fingerprint density at radius 2 is 1.95 bits per heavy atom. The zero-order valence-corrected chi connectivity index (χ0v) is 12.5. The minimum Gasteiger partial charge on any atom is -0.497 e. The maximum Gasteiger partial charge on any atom is 0.337 e. The highest BCUT2D eigenvalue weighted by Gasteiger charge is 2.14. The van der Waals surface area contributed by atoms with E-state index >= 15 is 0 Å². The summed E-state index contributed by atoms with van der Waals surface area (Å²) < 4.78 is 7.20. The molecule has 3 rings (SSSR count). The highest BCUT2D eigenvalue weighted by molar-refractivity contribution is 6.04. The van der Waals surface area contributed by atoms with Crippen LogP contribution in [0.15, 0.2) is 48.7 Å². The summed E-state index contributed by atoms with van der Waals surface area (Å²) in [4.78, 5) is 11.5. The van der Waals surface area contributed by atoms with Crippen LogP contribution in [-0.2, 0) is 6.54 Å². The molecule has 0 saturated carbocycles. The fourth-order valence-corrected chi connectivity index (χ4v) is 2.71. The monoisotopic (exact) mass is 295 g/mol. The Morgan fingerprint density at radius 3 is 2.64 bits per heavy atom. The van der Waals surface area contributed by atoms with Gasteiger partial charge in [-0.3, -0.25) is 0 Å². The zero-order chi connectivity index (χ0) is 15.7. The third kappa shape index (κ3) is 2.33. The van der Waals surface area contributed by atoms with Gasteiger partial charge < -0.3 is 14.4 Å². The predicted molar refractivity (Wildman–Crippen MR) is 86.6 cm³/mol. The van der Waals surface area contributed by atoms with Gasteiger partial charge in [0.2, 0.25) is 0 Å². The number of carboxylic acids is 1. The molecule has 0 aliphatic rings. The van der Waals surface area contributed by atoms with Crippen molar-refractivity contribution >= 4 is 16.9 Å². The molecule has 0 unspecified atom stereocenters. The molecule has 0 saturated heterocycles. The van der Waals surface area contributed by atoms with Crippen LogP contribution in [0.4, 0.5) is 0 Å². The Kier molecular flexibility index (Phi) is 3.59. The SMILES string of the molecule is CCn1cc(C(=O)O)c2cc(-c3cccc(OC)c3)ccc21. The molecule has 0 amide bonds.